The van der Waals surface area contributed by atoms with E-state index in [4.69, 9.17) is 17.3 Å². The highest BCUT2D eigenvalue weighted by atomic mass is 35.5. The van der Waals surface area contributed by atoms with Gasteiger partial charge in [-0.3, -0.25) is 19.7 Å². The monoisotopic (exact) mass is 534 g/mol. The lowest BCUT2D eigenvalue weighted by molar-refractivity contribution is -0.149. The first-order chi connectivity index (χ1) is 18.2. The van der Waals surface area contributed by atoms with Crippen molar-refractivity contribution < 1.29 is 24.3 Å². The third kappa shape index (κ3) is 4.08. The summed E-state index contributed by atoms with van der Waals surface area (Å²) in [5.41, 5.74) is 5.24. The fourth-order valence-electron chi connectivity index (χ4n) is 5.88. The zero-order valence-electron chi connectivity index (χ0n) is 20.6. The number of rotatable bonds is 7. The molecular weight excluding hydrogens is 508 g/mol. The van der Waals surface area contributed by atoms with E-state index in [9.17, 15) is 24.3 Å². The lowest BCUT2D eigenvalue weighted by Crippen LogP contribution is -2.56. The molecule has 9 nitrogen and oxygen atoms in total. The number of hydrogen-bond donors (Lipinski definition) is 4. The van der Waals surface area contributed by atoms with Crippen molar-refractivity contribution in [3.05, 3.63) is 76.8 Å². The predicted octanol–water partition coefficient (Wildman–Crippen LogP) is 3.52. The van der Waals surface area contributed by atoms with E-state index in [0.717, 1.165) is 26.8 Å². The maximum absolute atomic E-state index is 14.0. The first-order valence-electron chi connectivity index (χ1n) is 12.3. The van der Waals surface area contributed by atoms with Gasteiger partial charge in [0.15, 0.2) is 0 Å². The summed E-state index contributed by atoms with van der Waals surface area (Å²) < 4.78 is 0. The van der Waals surface area contributed by atoms with Crippen LogP contribution < -0.4 is 21.3 Å². The van der Waals surface area contributed by atoms with Crippen LogP contribution in [0.3, 0.4) is 0 Å². The molecule has 5 rings (SSSR count). The zero-order valence-corrected chi connectivity index (χ0v) is 21.4. The van der Waals surface area contributed by atoms with Gasteiger partial charge in [0.05, 0.1) is 17.5 Å². The van der Waals surface area contributed by atoms with Gasteiger partial charge in [-0.2, -0.15) is 0 Å². The number of urea groups is 1. The molecule has 2 fully saturated rings. The van der Waals surface area contributed by atoms with Crippen LogP contribution in [0.15, 0.2) is 60.7 Å². The lowest BCUT2D eigenvalue weighted by Gasteiger charge is -2.31. The number of nitrogens with two attached hydrogens (primary N) is 1. The fourth-order valence-corrected chi connectivity index (χ4v) is 6.05. The number of aryl methyl sites for hydroxylation is 1. The smallest absolute Gasteiger partial charge is 0.324 e. The van der Waals surface area contributed by atoms with Crippen LogP contribution in [-0.4, -0.2) is 41.0 Å². The number of carbonyl (C=O) groups excluding carboxylic acids is 3. The number of carboxylic acid groups (broad SMARTS) is 1. The molecule has 4 amide bonds. The van der Waals surface area contributed by atoms with Crippen molar-refractivity contribution in [2.75, 3.05) is 11.4 Å². The Morgan fingerprint density at radius 1 is 1.11 bits per heavy atom. The van der Waals surface area contributed by atoms with Crippen molar-refractivity contribution >= 4 is 51.9 Å². The third-order valence-electron chi connectivity index (χ3n) is 7.65. The average Bonchev–Trinajstić information content (AvgIpc) is 3.37. The molecule has 2 saturated heterocycles. The Kier molecular flexibility index (Phi) is 6.58. The molecule has 4 atom stereocenters. The number of fused-ring (bicyclic) bond motifs is 2. The quantitative estimate of drug-likeness (QED) is 0.270. The second-order valence-electron chi connectivity index (χ2n) is 9.81. The van der Waals surface area contributed by atoms with Gasteiger partial charge in [-0.15, -0.1) is 0 Å². The van der Waals surface area contributed by atoms with Crippen LogP contribution in [-0.2, 0) is 14.4 Å². The van der Waals surface area contributed by atoms with E-state index in [-0.39, 0.29) is 19.4 Å². The molecule has 3 aromatic carbocycles. The molecule has 196 valence electrons. The summed E-state index contributed by atoms with van der Waals surface area (Å²) in [6.45, 7) is 1.94. The molecule has 0 radical (unpaired) electrons. The lowest BCUT2D eigenvalue weighted by atomic mass is 9.76. The van der Waals surface area contributed by atoms with Gasteiger partial charge in [-0.1, -0.05) is 60.1 Å². The standard InChI is InChI=1S/C28H27ClN4O5/c1-15-10-11-17(14-20(15)29)33-24(34)21-22(25(33)35)28(26(36)37,12-5-13-31-27(30)38)32-23(21)19-9-4-7-16-6-2-3-8-18(16)19/h2-4,6-11,14,21-23,32H,5,12-13H2,1H3,(H,36,37)(H3,30,31,38). The Labute approximate surface area is 223 Å². The number of anilines is 1. The summed E-state index contributed by atoms with van der Waals surface area (Å²) in [6, 6.07) is 16.7. The van der Waals surface area contributed by atoms with Gasteiger partial charge in [-0.05, 0) is 53.8 Å². The first kappa shape index (κ1) is 25.7. The summed E-state index contributed by atoms with van der Waals surface area (Å²) >= 11 is 6.31. The molecule has 3 aromatic rings. The molecule has 10 heteroatoms. The Balaban J connectivity index is 1.64. The van der Waals surface area contributed by atoms with Gasteiger partial charge >= 0.3 is 12.0 Å². The van der Waals surface area contributed by atoms with Gasteiger partial charge < -0.3 is 16.2 Å². The average molecular weight is 535 g/mol. The number of nitrogens with zero attached hydrogens (tertiary/aromatic N) is 1. The normalized spacial score (nSPS) is 24.6. The van der Waals surface area contributed by atoms with Crippen LogP contribution in [0, 0.1) is 18.8 Å². The molecule has 38 heavy (non-hydrogen) atoms. The molecule has 2 aliphatic rings. The van der Waals surface area contributed by atoms with E-state index in [1.165, 1.54) is 0 Å². The number of imide groups is 1. The number of nitrogens with one attached hydrogen (secondary N) is 2. The second-order valence-corrected chi connectivity index (χ2v) is 10.2. The summed E-state index contributed by atoms with van der Waals surface area (Å²) in [7, 11) is 0. The molecule has 0 bridgehead atoms. The molecule has 0 aliphatic carbocycles. The van der Waals surface area contributed by atoms with Crippen molar-refractivity contribution in [1.29, 1.82) is 0 Å². The number of primary amides is 1. The van der Waals surface area contributed by atoms with E-state index in [0.29, 0.717) is 10.7 Å². The number of amides is 4. The minimum atomic E-state index is -1.75. The highest BCUT2D eigenvalue weighted by molar-refractivity contribution is 6.32. The molecule has 0 aromatic heterocycles. The van der Waals surface area contributed by atoms with E-state index in [1.54, 1.807) is 18.2 Å². The van der Waals surface area contributed by atoms with Gasteiger partial charge in [0.25, 0.3) is 0 Å². The van der Waals surface area contributed by atoms with Crippen molar-refractivity contribution in [2.45, 2.75) is 31.3 Å². The second kappa shape index (κ2) is 9.74. The predicted molar refractivity (Wildman–Crippen MR) is 143 cm³/mol. The van der Waals surface area contributed by atoms with Crippen LogP contribution in [0.1, 0.15) is 30.0 Å². The van der Waals surface area contributed by atoms with Gasteiger partial charge in [-0.25, -0.2) is 9.69 Å². The maximum atomic E-state index is 14.0. The largest absolute Gasteiger partial charge is 0.480 e. The summed E-state index contributed by atoms with van der Waals surface area (Å²) in [4.78, 5) is 53.1. The Hall–Kier alpha value is -3.95. The van der Waals surface area contributed by atoms with E-state index in [2.05, 4.69) is 10.6 Å². The molecule has 5 N–H and O–H groups in total. The fraction of sp³-hybridized carbons (Fsp3) is 0.286. The van der Waals surface area contributed by atoms with E-state index >= 15 is 0 Å². The molecule has 2 aliphatic heterocycles. The molecule has 0 spiro atoms. The minimum absolute atomic E-state index is 0.00738. The maximum Gasteiger partial charge on any atom is 0.324 e. The molecule has 4 unspecified atom stereocenters. The number of halogens is 1. The van der Waals surface area contributed by atoms with Crippen molar-refractivity contribution in [2.24, 2.45) is 17.6 Å². The molecule has 0 saturated carbocycles. The SMILES string of the molecule is Cc1ccc(N2C(=O)C3C(c4cccc5ccccc45)NC(CCCNC(N)=O)(C(=O)O)C3C2=O)cc1Cl. The van der Waals surface area contributed by atoms with Crippen LogP contribution in [0.4, 0.5) is 10.5 Å². The molecule has 2 heterocycles. The van der Waals surface area contributed by atoms with Crippen molar-refractivity contribution in [3.8, 4) is 0 Å². The van der Waals surface area contributed by atoms with Crippen LogP contribution in [0.5, 0.6) is 0 Å². The topological polar surface area (TPSA) is 142 Å². The number of aliphatic carboxylic acids is 1. The van der Waals surface area contributed by atoms with E-state index in [1.807, 2.05) is 49.4 Å². The number of carboxylic acids is 1. The Bertz CT molecular complexity index is 1470. The number of carbonyl (C=O) groups is 4. The van der Waals surface area contributed by atoms with Crippen LogP contribution in [0.2, 0.25) is 5.02 Å². The van der Waals surface area contributed by atoms with Gasteiger partial charge in [0.2, 0.25) is 11.8 Å². The first-order valence-corrected chi connectivity index (χ1v) is 12.7. The van der Waals surface area contributed by atoms with Crippen molar-refractivity contribution in [3.63, 3.8) is 0 Å². The van der Waals surface area contributed by atoms with Crippen LogP contribution in [0.25, 0.3) is 10.8 Å². The highest BCUT2D eigenvalue weighted by Gasteiger charge is 2.68. The Morgan fingerprint density at radius 3 is 2.55 bits per heavy atom. The zero-order chi connectivity index (χ0) is 27.2. The summed E-state index contributed by atoms with van der Waals surface area (Å²) in [5, 5.41) is 18.4. The number of benzene rings is 3. The Morgan fingerprint density at radius 2 is 1.84 bits per heavy atom. The summed E-state index contributed by atoms with van der Waals surface area (Å²) in [5.74, 6) is -4.46. The third-order valence-corrected chi connectivity index (χ3v) is 8.06. The number of hydrogen-bond acceptors (Lipinski definition) is 5. The van der Waals surface area contributed by atoms with Gasteiger partial charge in [0.1, 0.15) is 5.54 Å². The molecular formula is C28H27ClN4O5. The van der Waals surface area contributed by atoms with Crippen LogP contribution >= 0.6 is 11.6 Å². The van der Waals surface area contributed by atoms with Crippen molar-refractivity contribution in [1.82, 2.24) is 10.6 Å². The minimum Gasteiger partial charge on any atom is -0.480 e. The summed E-state index contributed by atoms with van der Waals surface area (Å²) in [6.07, 6.45) is 0.220. The van der Waals surface area contributed by atoms with Gasteiger partial charge in [0, 0.05) is 17.6 Å². The highest BCUT2D eigenvalue weighted by Crippen LogP contribution is 2.52. The van der Waals surface area contributed by atoms with E-state index < -0.39 is 47.2 Å².